The van der Waals surface area contributed by atoms with Crippen LogP contribution in [0.25, 0.3) is 0 Å². The normalized spacial score (nSPS) is 14.9. The zero-order valence-corrected chi connectivity index (χ0v) is 17.4. The molecule has 9 heteroatoms. The lowest BCUT2D eigenvalue weighted by Crippen LogP contribution is -2.47. The Kier molecular flexibility index (Phi) is 7.23. The third-order valence-corrected chi connectivity index (χ3v) is 6.84. The van der Waals surface area contributed by atoms with E-state index in [0.29, 0.717) is 23.7 Å². The number of nitrogens with zero attached hydrogens (tertiary/aromatic N) is 2. The minimum Gasteiger partial charge on any atom is -0.340 e. The summed E-state index contributed by atoms with van der Waals surface area (Å²) in [7, 11) is -3.91. The fourth-order valence-electron chi connectivity index (χ4n) is 3.17. The monoisotopic (exact) mass is 439 g/mol. The largest absolute Gasteiger partial charge is 0.340 e. The van der Waals surface area contributed by atoms with Gasteiger partial charge in [-0.3, -0.25) is 4.79 Å². The molecule has 0 aliphatic carbocycles. The molecule has 1 saturated heterocycles. The molecule has 6 nitrogen and oxygen atoms in total. The molecular weight excluding hydrogens is 417 g/mol. The van der Waals surface area contributed by atoms with E-state index in [-0.39, 0.29) is 30.3 Å². The Hall–Kier alpha value is -2.00. The second kappa shape index (κ2) is 9.67. The first-order chi connectivity index (χ1) is 13.9. The maximum atomic E-state index is 13.2. The number of rotatable bonds is 7. The van der Waals surface area contributed by atoms with Gasteiger partial charge in [0.15, 0.2) is 0 Å². The Bertz CT molecular complexity index is 948. The fourth-order valence-corrected chi connectivity index (χ4v) is 4.81. The summed E-state index contributed by atoms with van der Waals surface area (Å²) in [5, 5.41) is 3.68. The van der Waals surface area contributed by atoms with Gasteiger partial charge in [0.1, 0.15) is 5.82 Å². The average Bonchev–Trinajstić information content (AvgIpc) is 2.71. The van der Waals surface area contributed by atoms with E-state index in [0.717, 1.165) is 25.2 Å². The summed E-state index contributed by atoms with van der Waals surface area (Å²) in [4.78, 5) is 14.2. The molecule has 0 unspecified atom stereocenters. The van der Waals surface area contributed by atoms with Gasteiger partial charge in [-0.05, 0) is 42.0 Å². The minimum atomic E-state index is -3.91. The molecule has 0 spiro atoms. The van der Waals surface area contributed by atoms with E-state index < -0.39 is 15.8 Å². The molecule has 1 fully saturated rings. The lowest BCUT2D eigenvalue weighted by Gasteiger charge is -2.29. The molecule has 1 amide bonds. The van der Waals surface area contributed by atoms with Gasteiger partial charge in [-0.25, -0.2) is 12.8 Å². The van der Waals surface area contributed by atoms with Gasteiger partial charge in [0.25, 0.3) is 0 Å². The van der Waals surface area contributed by atoms with Crippen LogP contribution in [0.3, 0.4) is 0 Å². The standard InChI is InChI=1S/C20H23ClFN3O3S/c21-17-3-1-2-16(14-17)15-25(11-8-20(26)24-12-9-23-10-13-24)29(27,28)19-6-4-18(22)5-7-19/h1-7,14,23H,8-13,15H2. The van der Waals surface area contributed by atoms with Crippen LogP contribution < -0.4 is 5.32 Å². The highest BCUT2D eigenvalue weighted by Crippen LogP contribution is 2.21. The van der Waals surface area contributed by atoms with E-state index >= 15 is 0 Å². The summed E-state index contributed by atoms with van der Waals surface area (Å²) in [6.07, 6.45) is 0.0704. The highest BCUT2D eigenvalue weighted by molar-refractivity contribution is 7.89. The number of carbonyl (C=O) groups excluding carboxylic acids is 1. The highest BCUT2D eigenvalue weighted by Gasteiger charge is 2.26. The maximum Gasteiger partial charge on any atom is 0.243 e. The number of nitrogens with one attached hydrogen (secondary N) is 1. The number of carbonyl (C=O) groups is 1. The van der Waals surface area contributed by atoms with E-state index in [1.54, 1.807) is 29.2 Å². The Morgan fingerprint density at radius 3 is 2.48 bits per heavy atom. The molecule has 0 bridgehead atoms. The van der Waals surface area contributed by atoms with Crippen LogP contribution in [0.2, 0.25) is 5.02 Å². The van der Waals surface area contributed by atoms with Crippen LogP contribution in [0.1, 0.15) is 12.0 Å². The quantitative estimate of drug-likeness (QED) is 0.719. The first-order valence-electron chi connectivity index (χ1n) is 9.35. The lowest BCUT2D eigenvalue weighted by molar-refractivity contribution is -0.131. The molecule has 2 aromatic carbocycles. The average molecular weight is 440 g/mol. The van der Waals surface area contributed by atoms with Gasteiger partial charge in [0.2, 0.25) is 15.9 Å². The number of amides is 1. The van der Waals surface area contributed by atoms with Crippen molar-refractivity contribution in [3.05, 3.63) is 64.9 Å². The Balaban J connectivity index is 1.80. The van der Waals surface area contributed by atoms with Gasteiger partial charge < -0.3 is 10.2 Å². The Morgan fingerprint density at radius 2 is 1.83 bits per heavy atom. The third kappa shape index (κ3) is 5.76. The maximum absolute atomic E-state index is 13.2. The molecule has 0 aromatic heterocycles. The SMILES string of the molecule is O=C(CCN(Cc1cccc(Cl)c1)S(=O)(=O)c1ccc(F)cc1)N1CCNCC1. The van der Waals surface area contributed by atoms with Crippen LogP contribution in [0.4, 0.5) is 4.39 Å². The van der Waals surface area contributed by atoms with Crippen LogP contribution in [0.5, 0.6) is 0 Å². The van der Waals surface area contributed by atoms with Crippen LogP contribution in [0.15, 0.2) is 53.4 Å². The molecule has 2 aromatic rings. The Labute approximate surface area is 175 Å². The molecule has 1 heterocycles. The summed E-state index contributed by atoms with van der Waals surface area (Å²) in [5.41, 5.74) is 0.706. The second-order valence-corrected chi connectivity index (χ2v) is 9.18. The summed E-state index contributed by atoms with van der Waals surface area (Å²) < 4.78 is 40.8. The van der Waals surface area contributed by atoms with Gasteiger partial charge in [-0.1, -0.05) is 23.7 Å². The number of piperazine rings is 1. The summed E-state index contributed by atoms with van der Waals surface area (Å²) in [6, 6.07) is 11.6. The fraction of sp³-hybridized carbons (Fsp3) is 0.350. The molecule has 1 aliphatic heterocycles. The van der Waals surface area contributed by atoms with Gasteiger partial charge in [0, 0.05) is 50.7 Å². The van der Waals surface area contributed by atoms with Crippen LogP contribution >= 0.6 is 11.6 Å². The molecule has 3 rings (SSSR count). The molecule has 0 saturated carbocycles. The molecule has 0 atom stereocenters. The van der Waals surface area contributed by atoms with Crippen LogP contribution in [0, 0.1) is 5.82 Å². The van der Waals surface area contributed by atoms with Gasteiger partial charge in [0.05, 0.1) is 4.90 Å². The summed E-state index contributed by atoms with van der Waals surface area (Å²) >= 11 is 6.03. The topological polar surface area (TPSA) is 69.7 Å². The number of benzene rings is 2. The summed E-state index contributed by atoms with van der Waals surface area (Å²) in [5.74, 6) is -0.601. The number of halogens is 2. The van der Waals surface area contributed by atoms with Crippen molar-refractivity contribution in [3.63, 3.8) is 0 Å². The Morgan fingerprint density at radius 1 is 1.14 bits per heavy atom. The highest BCUT2D eigenvalue weighted by atomic mass is 35.5. The van der Waals surface area contributed by atoms with E-state index in [1.165, 1.54) is 16.4 Å². The van der Waals surface area contributed by atoms with E-state index in [4.69, 9.17) is 11.6 Å². The second-order valence-electron chi connectivity index (χ2n) is 6.80. The third-order valence-electron chi connectivity index (χ3n) is 4.74. The molecular formula is C20H23ClFN3O3S. The molecule has 1 aliphatic rings. The van der Waals surface area contributed by atoms with Crippen molar-refractivity contribution in [2.75, 3.05) is 32.7 Å². The van der Waals surface area contributed by atoms with Crippen LogP contribution in [-0.2, 0) is 21.4 Å². The van der Waals surface area contributed by atoms with E-state index in [9.17, 15) is 17.6 Å². The van der Waals surface area contributed by atoms with Crippen molar-refractivity contribution < 1.29 is 17.6 Å². The molecule has 29 heavy (non-hydrogen) atoms. The first kappa shape index (κ1) is 21.7. The zero-order chi connectivity index (χ0) is 20.9. The molecule has 156 valence electrons. The smallest absolute Gasteiger partial charge is 0.243 e. The van der Waals surface area contributed by atoms with Crippen molar-refractivity contribution in [2.45, 2.75) is 17.9 Å². The van der Waals surface area contributed by atoms with Crippen molar-refractivity contribution in [1.82, 2.24) is 14.5 Å². The van der Waals surface area contributed by atoms with Crippen molar-refractivity contribution in [1.29, 1.82) is 0 Å². The summed E-state index contributed by atoms with van der Waals surface area (Å²) in [6.45, 7) is 2.76. The molecule has 0 radical (unpaired) electrons. The number of hydrogen-bond acceptors (Lipinski definition) is 4. The lowest BCUT2D eigenvalue weighted by atomic mass is 10.2. The zero-order valence-electron chi connectivity index (χ0n) is 15.9. The van der Waals surface area contributed by atoms with Gasteiger partial charge >= 0.3 is 0 Å². The predicted molar refractivity (Wildman–Crippen MR) is 110 cm³/mol. The number of hydrogen-bond donors (Lipinski definition) is 1. The van der Waals surface area contributed by atoms with E-state index in [2.05, 4.69) is 5.32 Å². The first-order valence-corrected chi connectivity index (χ1v) is 11.2. The van der Waals surface area contributed by atoms with Gasteiger partial charge in [-0.2, -0.15) is 4.31 Å². The van der Waals surface area contributed by atoms with Crippen LogP contribution in [-0.4, -0.2) is 56.3 Å². The van der Waals surface area contributed by atoms with Crippen molar-refractivity contribution >= 4 is 27.5 Å². The number of sulfonamides is 1. The predicted octanol–water partition coefficient (Wildman–Crippen LogP) is 2.49. The van der Waals surface area contributed by atoms with Crippen molar-refractivity contribution in [3.8, 4) is 0 Å². The van der Waals surface area contributed by atoms with Gasteiger partial charge in [-0.15, -0.1) is 0 Å². The van der Waals surface area contributed by atoms with Crippen molar-refractivity contribution in [2.24, 2.45) is 0 Å². The minimum absolute atomic E-state index is 0.0180. The molecule has 1 N–H and O–H groups in total. The van der Waals surface area contributed by atoms with E-state index in [1.807, 2.05) is 0 Å².